The van der Waals surface area contributed by atoms with Crippen LogP contribution in [0.2, 0.25) is 10.4 Å². The second-order valence-electron chi connectivity index (χ2n) is 12.2. The molecule has 5 rings (SSSR count). The summed E-state index contributed by atoms with van der Waals surface area (Å²) in [7, 11) is -3.90. The van der Waals surface area contributed by atoms with Crippen LogP contribution in [0.5, 0.6) is 5.88 Å². The van der Waals surface area contributed by atoms with Crippen molar-refractivity contribution in [2.45, 2.75) is 93.4 Å². The van der Waals surface area contributed by atoms with E-state index in [0.29, 0.717) is 18.4 Å². The van der Waals surface area contributed by atoms with Crippen molar-refractivity contribution in [3.63, 3.8) is 0 Å². The molecule has 1 aliphatic heterocycles. The minimum Gasteiger partial charge on any atom is -0.472 e. The van der Waals surface area contributed by atoms with Crippen LogP contribution >= 0.6 is 23.2 Å². The van der Waals surface area contributed by atoms with Crippen molar-refractivity contribution >= 4 is 57.0 Å². The van der Waals surface area contributed by atoms with Gasteiger partial charge in [0.2, 0.25) is 33.0 Å². The lowest BCUT2D eigenvalue weighted by molar-refractivity contribution is -0.140. The van der Waals surface area contributed by atoms with Gasteiger partial charge in [-0.05, 0) is 69.0 Å². The van der Waals surface area contributed by atoms with Gasteiger partial charge in [0.05, 0.1) is 11.8 Å². The average molecular weight is 700 g/mol. The summed E-state index contributed by atoms with van der Waals surface area (Å²) in [6, 6.07) is -1.12. The lowest BCUT2D eigenvalue weighted by Crippen LogP contribution is -2.58. The summed E-state index contributed by atoms with van der Waals surface area (Å²) in [6.07, 6.45) is 3.92. The molecule has 1 saturated heterocycles. The van der Waals surface area contributed by atoms with Crippen molar-refractivity contribution in [2.75, 3.05) is 6.54 Å². The van der Waals surface area contributed by atoms with Crippen molar-refractivity contribution < 1.29 is 37.1 Å². The molecule has 5 atom stereocenters. The molecule has 14 nitrogen and oxygen atoms in total. The van der Waals surface area contributed by atoms with Crippen molar-refractivity contribution in [1.29, 1.82) is 0 Å². The van der Waals surface area contributed by atoms with Gasteiger partial charge in [-0.1, -0.05) is 24.3 Å². The SMILES string of the molecule is C=C[C@@H]1C[C@]1(NC(=O)[C@@H]1C[C@@H](Oc2cc(Cl)nc(Cl)n2)CN1C(=O)[C@@H](NC(=O)OC1CCCC1)C(=C)C)C(=O)NS(=O)(=O)C1CC1. The molecule has 2 heterocycles. The quantitative estimate of drug-likeness (QED) is 0.166. The number of sulfonamides is 1. The highest BCUT2D eigenvalue weighted by Gasteiger charge is 2.62. The molecule has 3 saturated carbocycles. The van der Waals surface area contributed by atoms with Gasteiger partial charge in [0, 0.05) is 18.4 Å². The predicted molar refractivity (Wildman–Crippen MR) is 166 cm³/mol. The maximum atomic E-state index is 14.0. The second kappa shape index (κ2) is 13.4. The first-order chi connectivity index (χ1) is 21.7. The number of nitrogens with zero attached hydrogens (tertiary/aromatic N) is 3. The maximum Gasteiger partial charge on any atom is 0.408 e. The molecule has 1 aromatic rings. The van der Waals surface area contributed by atoms with E-state index in [2.05, 4.69) is 38.5 Å². The molecule has 3 aliphatic carbocycles. The zero-order valence-corrected chi connectivity index (χ0v) is 27.5. The first-order valence-electron chi connectivity index (χ1n) is 15.0. The molecule has 0 bridgehead atoms. The predicted octanol–water partition coefficient (Wildman–Crippen LogP) is 2.41. The van der Waals surface area contributed by atoms with Crippen molar-refractivity contribution in [3.8, 4) is 5.88 Å². The van der Waals surface area contributed by atoms with Gasteiger partial charge in [-0.15, -0.1) is 6.58 Å². The number of carbonyl (C=O) groups excluding carboxylic acids is 4. The fourth-order valence-electron chi connectivity index (χ4n) is 5.87. The Hall–Kier alpha value is -3.43. The number of nitrogens with one attached hydrogen (secondary N) is 3. The van der Waals surface area contributed by atoms with E-state index in [4.69, 9.17) is 32.7 Å². The van der Waals surface area contributed by atoms with Gasteiger partial charge < -0.3 is 25.0 Å². The molecule has 46 heavy (non-hydrogen) atoms. The molecular weight excluding hydrogens is 663 g/mol. The molecule has 250 valence electrons. The van der Waals surface area contributed by atoms with Gasteiger partial charge >= 0.3 is 6.09 Å². The topological polar surface area (TPSA) is 186 Å². The first kappa shape index (κ1) is 33.9. The Morgan fingerprint density at radius 1 is 1.13 bits per heavy atom. The third-order valence-electron chi connectivity index (χ3n) is 8.61. The van der Waals surface area contributed by atoms with Crippen LogP contribution in [0.25, 0.3) is 0 Å². The van der Waals surface area contributed by atoms with Crippen LogP contribution in [0.15, 0.2) is 30.9 Å². The molecule has 0 spiro atoms. The lowest BCUT2D eigenvalue weighted by Gasteiger charge is -2.30. The largest absolute Gasteiger partial charge is 0.472 e. The van der Waals surface area contributed by atoms with E-state index in [0.717, 1.165) is 25.7 Å². The van der Waals surface area contributed by atoms with Crippen LogP contribution in [0.4, 0.5) is 4.79 Å². The third-order valence-corrected chi connectivity index (χ3v) is 10.8. The van der Waals surface area contributed by atoms with E-state index in [1.54, 1.807) is 6.92 Å². The molecule has 0 aromatic carbocycles. The van der Waals surface area contributed by atoms with Gasteiger partial charge in [-0.25, -0.2) is 18.2 Å². The Kier molecular flexibility index (Phi) is 9.85. The molecule has 1 aromatic heterocycles. The van der Waals surface area contributed by atoms with Crippen molar-refractivity contribution in [2.24, 2.45) is 5.92 Å². The summed E-state index contributed by atoms with van der Waals surface area (Å²) in [5.41, 5.74) is -1.28. The van der Waals surface area contributed by atoms with Gasteiger partial charge in [-0.3, -0.25) is 19.1 Å². The minimum atomic E-state index is -3.90. The molecule has 3 N–H and O–H groups in total. The molecule has 0 radical (unpaired) electrons. The highest BCUT2D eigenvalue weighted by atomic mass is 35.5. The third kappa shape index (κ3) is 7.58. The van der Waals surface area contributed by atoms with Gasteiger partial charge in [0.15, 0.2) is 0 Å². The van der Waals surface area contributed by atoms with Gasteiger partial charge in [0.1, 0.15) is 35.0 Å². The number of halogens is 2. The van der Waals surface area contributed by atoms with Crippen molar-refractivity contribution in [3.05, 3.63) is 41.3 Å². The Labute approximate surface area is 276 Å². The number of carbonyl (C=O) groups is 4. The zero-order chi connectivity index (χ0) is 33.4. The number of aromatic nitrogens is 2. The van der Waals surface area contributed by atoms with Gasteiger partial charge in [0.25, 0.3) is 5.91 Å². The zero-order valence-electron chi connectivity index (χ0n) is 25.2. The molecule has 4 fully saturated rings. The van der Waals surface area contributed by atoms with E-state index >= 15 is 0 Å². The molecule has 4 aliphatic rings. The number of amides is 4. The summed E-state index contributed by atoms with van der Waals surface area (Å²) in [6.45, 7) is 9.00. The lowest BCUT2D eigenvalue weighted by atomic mass is 10.1. The maximum absolute atomic E-state index is 14.0. The first-order valence-corrected chi connectivity index (χ1v) is 17.3. The van der Waals surface area contributed by atoms with E-state index in [1.807, 2.05) is 0 Å². The minimum absolute atomic E-state index is 0.00761. The van der Waals surface area contributed by atoms with Crippen molar-refractivity contribution in [1.82, 2.24) is 30.2 Å². The number of hydrogen-bond donors (Lipinski definition) is 3. The fourth-order valence-corrected chi connectivity index (χ4v) is 7.62. The Balaban J connectivity index is 1.37. The average Bonchev–Trinajstić information content (AvgIpc) is 3.85. The summed E-state index contributed by atoms with van der Waals surface area (Å²) < 4.78 is 38.6. The fraction of sp³-hybridized carbons (Fsp3) is 0.586. The van der Waals surface area contributed by atoms with E-state index in [-0.39, 0.29) is 41.8 Å². The second-order valence-corrected chi connectivity index (χ2v) is 14.9. The highest BCUT2D eigenvalue weighted by molar-refractivity contribution is 7.91. The molecule has 0 unspecified atom stereocenters. The number of likely N-dealkylation sites (tertiary alicyclic amines) is 1. The Morgan fingerprint density at radius 3 is 2.41 bits per heavy atom. The van der Waals surface area contributed by atoms with Crippen LogP contribution in [0.1, 0.15) is 58.3 Å². The number of hydrogen-bond acceptors (Lipinski definition) is 10. The standard InChI is InChI=1S/C29H36Cl2N6O8S/c1-4-16-13-29(16,26(40)36-46(42,43)19-9-10-19)35-24(38)20-11-18(44-22-12-21(30)32-27(31)33-22)14-37(20)25(39)23(15(2)3)34-28(41)45-17-7-5-6-8-17/h4,12,16-20,23H,1-2,5-11,13-14H2,3H3,(H,34,41)(H,35,38)(H,36,40)/t16-,18-,20+,23+,29-/m1/s1. The van der Waals surface area contributed by atoms with E-state index < -0.39 is 68.7 Å². The van der Waals surface area contributed by atoms with E-state index in [1.165, 1.54) is 17.0 Å². The Bertz CT molecular complexity index is 1530. The van der Waals surface area contributed by atoms with Crippen LogP contribution in [-0.4, -0.2) is 88.7 Å². The molecule has 4 amide bonds. The summed E-state index contributed by atoms with van der Waals surface area (Å²) in [5, 5.41) is 4.46. The van der Waals surface area contributed by atoms with E-state index in [9.17, 15) is 27.6 Å². The summed E-state index contributed by atoms with van der Waals surface area (Å²) in [5.74, 6) is -2.79. The molecular formula is C29H36Cl2N6O8S. The Morgan fingerprint density at radius 2 is 1.83 bits per heavy atom. The monoisotopic (exact) mass is 698 g/mol. The van der Waals surface area contributed by atoms with Crippen LogP contribution < -0.4 is 20.1 Å². The number of ether oxygens (including phenoxy) is 2. The smallest absolute Gasteiger partial charge is 0.408 e. The van der Waals surface area contributed by atoms with Crippen LogP contribution in [0.3, 0.4) is 0 Å². The summed E-state index contributed by atoms with van der Waals surface area (Å²) in [4.78, 5) is 62.9. The van der Waals surface area contributed by atoms with Gasteiger partial charge in [-0.2, -0.15) is 4.98 Å². The highest BCUT2D eigenvalue weighted by Crippen LogP contribution is 2.45. The normalized spacial score (nSPS) is 26.5. The summed E-state index contributed by atoms with van der Waals surface area (Å²) >= 11 is 11.9. The number of alkyl carbamates (subject to hydrolysis) is 1. The van der Waals surface area contributed by atoms with Crippen LogP contribution in [0, 0.1) is 5.92 Å². The number of rotatable bonds is 12. The van der Waals surface area contributed by atoms with Crippen LogP contribution in [-0.2, 0) is 29.1 Å². The molecule has 17 heteroatoms.